The Morgan fingerprint density at radius 2 is 1.47 bits per heavy atom. The van der Waals surface area contributed by atoms with Gasteiger partial charge in [-0.1, -0.05) is 24.6 Å². The van der Waals surface area contributed by atoms with Crippen LogP contribution in [0.15, 0.2) is 77.5 Å². The van der Waals surface area contributed by atoms with E-state index in [4.69, 9.17) is 16.3 Å². The number of anilines is 3. The van der Waals surface area contributed by atoms with Crippen LogP contribution >= 0.6 is 11.6 Å². The van der Waals surface area contributed by atoms with Gasteiger partial charge in [-0.3, -0.25) is 14.4 Å². The van der Waals surface area contributed by atoms with Crippen molar-refractivity contribution in [1.82, 2.24) is 0 Å². The lowest BCUT2D eigenvalue weighted by molar-refractivity contribution is -0.120. The van der Waals surface area contributed by atoms with E-state index in [9.17, 15) is 19.2 Å². The minimum absolute atomic E-state index is 0.0876. The lowest BCUT2D eigenvalue weighted by Crippen LogP contribution is -2.32. The number of amides is 3. The van der Waals surface area contributed by atoms with E-state index in [0.717, 1.165) is 16.0 Å². The van der Waals surface area contributed by atoms with Crippen molar-refractivity contribution in [1.29, 1.82) is 0 Å². The van der Waals surface area contributed by atoms with E-state index in [2.05, 4.69) is 10.6 Å². The first-order valence-electron chi connectivity index (χ1n) is 12.0. The van der Waals surface area contributed by atoms with E-state index in [-0.39, 0.29) is 22.3 Å². The Morgan fingerprint density at radius 1 is 0.842 bits per heavy atom. The fourth-order valence-corrected chi connectivity index (χ4v) is 3.95. The van der Waals surface area contributed by atoms with Crippen LogP contribution in [-0.4, -0.2) is 30.3 Å². The molecule has 8 nitrogen and oxygen atoms in total. The van der Waals surface area contributed by atoms with Crippen molar-refractivity contribution < 1.29 is 23.9 Å². The highest BCUT2D eigenvalue weighted by Gasteiger charge is 2.39. The molecule has 9 heteroatoms. The Kier molecular flexibility index (Phi) is 7.93. The van der Waals surface area contributed by atoms with Crippen molar-refractivity contribution in [3.63, 3.8) is 0 Å². The lowest BCUT2D eigenvalue weighted by Gasteiger charge is -2.15. The first-order chi connectivity index (χ1) is 18.2. The van der Waals surface area contributed by atoms with E-state index in [1.54, 1.807) is 24.3 Å². The molecule has 3 aromatic carbocycles. The lowest BCUT2D eigenvalue weighted by atomic mass is 10.1. The Balaban J connectivity index is 1.43. The molecule has 3 amide bonds. The van der Waals surface area contributed by atoms with Gasteiger partial charge in [-0.25, -0.2) is 9.69 Å². The zero-order valence-electron chi connectivity index (χ0n) is 21.1. The van der Waals surface area contributed by atoms with Gasteiger partial charge in [-0.15, -0.1) is 0 Å². The normalized spacial score (nSPS) is 13.1. The van der Waals surface area contributed by atoms with E-state index >= 15 is 0 Å². The smallest absolute Gasteiger partial charge is 0.338 e. The van der Waals surface area contributed by atoms with Crippen LogP contribution in [-0.2, 0) is 14.3 Å². The number of imide groups is 1. The number of esters is 1. The third-order valence-corrected chi connectivity index (χ3v) is 6.36. The summed E-state index contributed by atoms with van der Waals surface area (Å²) in [6.45, 7) is 6.16. The van der Waals surface area contributed by atoms with E-state index in [0.29, 0.717) is 35.5 Å². The number of ether oxygens (including phenoxy) is 1. The van der Waals surface area contributed by atoms with Gasteiger partial charge in [0.2, 0.25) is 0 Å². The molecule has 0 spiro atoms. The number of hydrogen-bond acceptors (Lipinski definition) is 6. The molecule has 3 aromatic rings. The van der Waals surface area contributed by atoms with Crippen LogP contribution in [0.2, 0.25) is 0 Å². The molecule has 0 saturated heterocycles. The average Bonchev–Trinajstić information content (AvgIpc) is 3.12. The molecule has 0 aliphatic carbocycles. The largest absolute Gasteiger partial charge is 0.462 e. The van der Waals surface area contributed by atoms with Crippen molar-refractivity contribution in [2.75, 3.05) is 22.1 Å². The second-order valence-corrected chi connectivity index (χ2v) is 9.15. The minimum Gasteiger partial charge on any atom is -0.462 e. The van der Waals surface area contributed by atoms with Gasteiger partial charge < -0.3 is 15.4 Å². The zero-order chi connectivity index (χ0) is 27.4. The first-order valence-corrected chi connectivity index (χ1v) is 12.4. The van der Waals surface area contributed by atoms with Gasteiger partial charge in [0.1, 0.15) is 10.7 Å². The number of nitrogens with one attached hydrogen (secondary N) is 2. The zero-order valence-corrected chi connectivity index (χ0v) is 21.9. The van der Waals surface area contributed by atoms with Crippen LogP contribution in [0.25, 0.3) is 0 Å². The summed E-state index contributed by atoms with van der Waals surface area (Å²) in [6.07, 6.45) is 0.698. The summed E-state index contributed by atoms with van der Waals surface area (Å²) in [6, 6.07) is 18.0. The molecule has 0 aromatic heterocycles. The Morgan fingerprint density at radius 3 is 2.11 bits per heavy atom. The first kappa shape index (κ1) is 26.6. The Hall–Kier alpha value is -4.43. The summed E-state index contributed by atoms with van der Waals surface area (Å²) in [5, 5.41) is 5.48. The molecule has 1 heterocycles. The number of carbonyl (C=O) groups excluding carboxylic acids is 4. The number of rotatable bonds is 8. The average molecular weight is 532 g/mol. The van der Waals surface area contributed by atoms with Gasteiger partial charge in [0.25, 0.3) is 17.7 Å². The summed E-state index contributed by atoms with van der Waals surface area (Å²) in [5.41, 5.74) is 4.27. The van der Waals surface area contributed by atoms with Gasteiger partial charge in [0.15, 0.2) is 0 Å². The molecule has 0 fully saturated rings. The summed E-state index contributed by atoms with van der Waals surface area (Å²) >= 11 is 6.22. The molecule has 0 atom stereocenters. The Bertz CT molecular complexity index is 1450. The third-order valence-electron chi connectivity index (χ3n) is 6.01. The van der Waals surface area contributed by atoms with E-state index in [1.807, 2.05) is 39.0 Å². The fraction of sp³-hybridized carbons (Fsp3) is 0.172. The van der Waals surface area contributed by atoms with Crippen LogP contribution < -0.4 is 15.5 Å². The maximum absolute atomic E-state index is 13.1. The molecule has 2 N–H and O–H groups in total. The van der Waals surface area contributed by atoms with E-state index < -0.39 is 17.8 Å². The van der Waals surface area contributed by atoms with Crippen LogP contribution in [0.1, 0.15) is 45.2 Å². The highest BCUT2D eigenvalue weighted by atomic mass is 35.5. The fourth-order valence-electron chi connectivity index (χ4n) is 3.74. The molecule has 1 aliphatic heterocycles. The van der Waals surface area contributed by atoms with Gasteiger partial charge >= 0.3 is 5.97 Å². The second kappa shape index (κ2) is 11.3. The van der Waals surface area contributed by atoms with Crippen LogP contribution in [0.5, 0.6) is 0 Å². The van der Waals surface area contributed by atoms with Crippen molar-refractivity contribution in [3.05, 3.63) is 99.7 Å². The molecule has 0 saturated carbocycles. The monoisotopic (exact) mass is 531 g/mol. The molecule has 1 aliphatic rings. The van der Waals surface area contributed by atoms with Gasteiger partial charge in [0, 0.05) is 16.9 Å². The quantitative estimate of drug-likeness (QED) is 0.291. The van der Waals surface area contributed by atoms with Crippen LogP contribution in [0.4, 0.5) is 17.1 Å². The maximum atomic E-state index is 13.1. The summed E-state index contributed by atoms with van der Waals surface area (Å²) in [7, 11) is 0. The van der Waals surface area contributed by atoms with Crippen molar-refractivity contribution in [2.24, 2.45) is 0 Å². The molecule has 0 unspecified atom stereocenters. The Labute approximate surface area is 225 Å². The number of benzene rings is 3. The van der Waals surface area contributed by atoms with E-state index in [1.165, 1.54) is 24.3 Å². The molecular weight excluding hydrogens is 506 g/mol. The third kappa shape index (κ3) is 5.60. The highest BCUT2D eigenvalue weighted by Crippen LogP contribution is 2.30. The predicted octanol–water partition coefficient (Wildman–Crippen LogP) is 5.56. The number of aryl methyl sites for hydroxylation is 2. The minimum atomic E-state index is -0.690. The van der Waals surface area contributed by atoms with Gasteiger partial charge in [-0.2, -0.15) is 0 Å². The van der Waals surface area contributed by atoms with Gasteiger partial charge in [-0.05, 0) is 92.1 Å². The van der Waals surface area contributed by atoms with Crippen molar-refractivity contribution in [3.8, 4) is 0 Å². The molecule has 194 valence electrons. The number of carbonyl (C=O) groups is 4. The van der Waals surface area contributed by atoms with Crippen LogP contribution in [0, 0.1) is 13.8 Å². The molecule has 4 rings (SSSR count). The second-order valence-electron chi connectivity index (χ2n) is 8.77. The molecule has 0 radical (unpaired) electrons. The number of nitrogens with zero attached hydrogens (tertiary/aromatic N) is 1. The topological polar surface area (TPSA) is 105 Å². The summed E-state index contributed by atoms with van der Waals surface area (Å²) in [4.78, 5) is 51.4. The maximum Gasteiger partial charge on any atom is 0.338 e. The summed E-state index contributed by atoms with van der Waals surface area (Å²) in [5.74, 6) is -2.10. The number of hydrogen-bond donors (Lipinski definition) is 2. The van der Waals surface area contributed by atoms with Gasteiger partial charge in [0.05, 0.1) is 17.9 Å². The molecule has 0 bridgehead atoms. The standard InChI is InChI=1S/C29H26ClN3O5/c1-4-15-38-29(37)20-8-13-23(14-9-20)33-27(35)24(30)25(28(33)36)31-21-11-6-19(7-12-21)26(34)32-22-10-5-17(2)18(3)16-22/h5-14,16,31H,4,15H2,1-3H3,(H,32,34). The SMILES string of the molecule is CCCOC(=O)c1ccc(N2C(=O)C(Cl)=C(Nc3ccc(C(=O)Nc4ccc(C)c(C)c4)cc3)C2=O)cc1. The predicted molar refractivity (Wildman–Crippen MR) is 146 cm³/mol. The summed E-state index contributed by atoms with van der Waals surface area (Å²) < 4.78 is 5.10. The van der Waals surface area contributed by atoms with Crippen molar-refractivity contribution in [2.45, 2.75) is 27.2 Å². The molecule has 38 heavy (non-hydrogen) atoms. The number of halogens is 1. The molecular formula is C29H26ClN3O5. The highest BCUT2D eigenvalue weighted by molar-refractivity contribution is 6.53. The van der Waals surface area contributed by atoms with Crippen LogP contribution in [0.3, 0.4) is 0 Å². The van der Waals surface area contributed by atoms with Crippen molar-refractivity contribution >= 4 is 52.4 Å².